The van der Waals surface area contributed by atoms with Crippen LogP contribution in [0, 0.1) is 6.92 Å². The van der Waals surface area contributed by atoms with Crippen LogP contribution in [0.15, 0.2) is 29.1 Å². The van der Waals surface area contributed by atoms with Crippen molar-refractivity contribution in [2.75, 3.05) is 0 Å². The van der Waals surface area contributed by atoms with Crippen molar-refractivity contribution in [3.8, 4) is 0 Å². The number of hydrogen-bond donors (Lipinski definition) is 0. The van der Waals surface area contributed by atoms with Crippen LogP contribution in [0.4, 0.5) is 0 Å². The highest BCUT2D eigenvalue weighted by atomic mass is 79.9. The quantitative estimate of drug-likeness (QED) is 0.686. The van der Waals surface area contributed by atoms with Gasteiger partial charge in [0.25, 0.3) is 0 Å². The summed E-state index contributed by atoms with van der Waals surface area (Å²) in [6.07, 6.45) is 3.39. The molecule has 0 atom stereocenters. The molecule has 1 aromatic carbocycles. The van der Waals surface area contributed by atoms with Crippen LogP contribution >= 0.6 is 15.9 Å². The molecule has 0 aliphatic rings. The zero-order valence-corrected chi connectivity index (χ0v) is 8.17. The van der Waals surface area contributed by atoms with E-state index in [2.05, 4.69) is 25.9 Å². The lowest BCUT2D eigenvalue weighted by atomic mass is 10.1. The van der Waals surface area contributed by atoms with Gasteiger partial charge in [0, 0.05) is 16.1 Å². The zero-order chi connectivity index (χ0) is 8.55. The van der Waals surface area contributed by atoms with Crippen LogP contribution in [0.3, 0.4) is 0 Å². The molecule has 2 nitrogen and oxygen atoms in total. The van der Waals surface area contributed by atoms with Crippen molar-refractivity contribution >= 4 is 26.8 Å². The molecule has 0 radical (unpaired) electrons. The van der Waals surface area contributed by atoms with Crippen LogP contribution in [-0.2, 0) is 0 Å². The summed E-state index contributed by atoms with van der Waals surface area (Å²) in [5, 5.41) is 1.07. The number of nitrogens with zero attached hydrogens (tertiary/aromatic N) is 2. The predicted molar refractivity (Wildman–Crippen MR) is 52.0 cm³/mol. The van der Waals surface area contributed by atoms with E-state index in [9.17, 15) is 0 Å². The topological polar surface area (TPSA) is 25.8 Å². The summed E-state index contributed by atoms with van der Waals surface area (Å²) in [7, 11) is 0. The van der Waals surface area contributed by atoms with Gasteiger partial charge in [-0.2, -0.15) is 0 Å². The Kier molecular flexibility index (Phi) is 1.81. The molecule has 0 N–H and O–H groups in total. The van der Waals surface area contributed by atoms with Gasteiger partial charge in [-0.3, -0.25) is 0 Å². The number of aryl methyl sites for hydroxylation is 1. The van der Waals surface area contributed by atoms with Gasteiger partial charge in [-0.15, -0.1) is 0 Å². The monoisotopic (exact) mass is 222 g/mol. The maximum Gasteiger partial charge on any atom is 0.116 e. The van der Waals surface area contributed by atoms with Gasteiger partial charge < -0.3 is 0 Å². The second-order valence-corrected chi connectivity index (χ2v) is 3.50. The molecule has 1 heterocycles. The van der Waals surface area contributed by atoms with E-state index in [1.54, 1.807) is 6.33 Å². The molecule has 2 rings (SSSR count). The molecule has 0 amide bonds. The van der Waals surface area contributed by atoms with Crippen molar-refractivity contribution in [3.05, 3.63) is 34.7 Å². The van der Waals surface area contributed by atoms with Gasteiger partial charge in [0.15, 0.2) is 0 Å². The highest BCUT2D eigenvalue weighted by Gasteiger charge is 2.00. The van der Waals surface area contributed by atoms with E-state index in [0.717, 1.165) is 15.4 Å². The summed E-state index contributed by atoms with van der Waals surface area (Å²) in [5.41, 5.74) is 2.19. The van der Waals surface area contributed by atoms with E-state index >= 15 is 0 Å². The van der Waals surface area contributed by atoms with Crippen molar-refractivity contribution in [1.82, 2.24) is 9.97 Å². The number of benzene rings is 1. The maximum absolute atomic E-state index is 4.20. The second-order valence-electron chi connectivity index (χ2n) is 2.65. The Morgan fingerprint density at radius 3 is 2.92 bits per heavy atom. The molecule has 0 aliphatic heterocycles. The van der Waals surface area contributed by atoms with Crippen molar-refractivity contribution in [2.24, 2.45) is 0 Å². The molecule has 0 bridgehead atoms. The second kappa shape index (κ2) is 2.83. The van der Waals surface area contributed by atoms with Crippen LogP contribution < -0.4 is 0 Å². The van der Waals surface area contributed by atoms with Gasteiger partial charge in [-0.1, -0.05) is 22.0 Å². The average Bonchev–Trinajstić information content (AvgIpc) is 2.12. The number of halogens is 1. The molecule has 0 fully saturated rings. The molecule has 60 valence electrons. The molecule has 0 aliphatic carbocycles. The Morgan fingerprint density at radius 2 is 2.17 bits per heavy atom. The highest BCUT2D eigenvalue weighted by Crippen LogP contribution is 2.23. The number of aromatic nitrogens is 2. The fourth-order valence-electron chi connectivity index (χ4n) is 1.19. The number of rotatable bonds is 0. The summed E-state index contributed by atoms with van der Waals surface area (Å²) >= 11 is 3.45. The van der Waals surface area contributed by atoms with E-state index in [-0.39, 0.29) is 0 Å². The lowest BCUT2D eigenvalue weighted by Crippen LogP contribution is -1.85. The van der Waals surface area contributed by atoms with E-state index in [1.807, 2.05) is 25.3 Å². The fourth-order valence-corrected chi connectivity index (χ4v) is 1.61. The van der Waals surface area contributed by atoms with Gasteiger partial charge in [0.1, 0.15) is 6.33 Å². The van der Waals surface area contributed by atoms with E-state index < -0.39 is 0 Å². The largest absolute Gasteiger partial charge is 0.244 e. The van der Waals surface area contributed by atoms with E-state index in [4.69, 9.17) is 0 Å². The minimum absolute atomic E-state index is 1.01. The smallest absolute Gasteiger partial charge is 0.116 e. The van der Waals surface area contributed by atoms with Crippen molar-refractivity contribution < 1.29 is 0 Å². The summed E-state index contributed by atoms with van der Waals surface area (Å²) in [4.78, 5) is 8.17. The Hall–Kier alpha value is -0.960. The first-order chi connectivity index (χ1) is 5.79. The molecular weight excluding hydrogens is 216 g/mol. The Labute approximate surface area is 78.8 Å². The normalized spacial score (nSPS) is 10.5. The molecule has 2 aromatic rings. The first-order valence-electron chi connectivity index (χ1n) is 3.64. The van der Waals surface area contributed by atoms with Crippen molar-refractivity contribution in [1.29, 1.82) is 0 Å². The van der Waals surface area contributed by atoms with Gasteiger partial charge >= 0.3 is 0 Å². The summed E-state index contributed by atoms with van der Waals surface area (Å²) < 4.78 is 1.05. The van der Waals surface area contributed by atoms with Crippen LogP contribution in [0.2, 0.25) is 0 Å². The minimum atomic E-state index is 1.01. The average molecular weight is 223 g/mol. The Bertz CT molecular complexity index is 385. The first-order valence-corrected chi connectivity index (χ1v) is 4.43. The Balaban J connectivity index is 2.95. The van der Waals surface area contributed by atoms with Gasteiger partial charge in [-0.05, 0) is 18.6 Å². The molecular formula is C9H7BrN2. The zero-order valence-electron chi connectivity index (χ0n) is 6.58. The first kappa shape index (κ1) is 7.68. The van der Waals surface area contributed by atoms with Crippen molar-refractivity contribution in [3.63, 3.8) is 0 Å². The molecule has 0 spiro atoms. The SMILES string of the molecule is Cc1ccc(Br)c2cncnc12. The predicted octanol–water partition coefficient (Wildman–Crippen LogP) is 2.70. The summed E-state index contributed by atoms with van der Waals surface area (Å²) in [6.45, 7) is 2.04. The summed E-state index contributed by atoms with van der Waals surface area (Å²) in [5.74, 6) is 0. The van der Waals surface area contributed by atoms with Gasteiger partial charge in [0.05, 0.1) is 5.52 Å². The third-order valence-electron chi connectivity index (χ3n) is 1.82. The van der Waals surface area contributed by atoms with Crippen molar-refractivity contribution in [2.45, 2.75) is 6.92 Å². The molecule has 3 heteroatoms. The van der Waals surface area contributed by atoms with Crippen LogP contribution in [-0.4, -0.2) is 9.97 Å². The summed E-state index contributed by atoms with van der Waals surface area (Å²) in [6, 6.07) is 4.06. The van der Waals surface area contributed by atoms with E-state index in [1.165, 1.54) is 5.56 Å². The van der Waals surface area contributed by atoms with Crippen LogP contribution in [0.5, 0.6) is 0 Å². The molecule has 12 heavy (non-hydrogen) atoms. The third-order valence-corrected chi connectivity index (χ3v) is 2.51. The van der Waals surface area contributed by atoms with Crippen LogP contribution in [0.1, 0.15) is 5.56 Å². The Morgan fingerprint density at radius 1 is 1.33 bits per heavy atom. The maximum atomic E-state index is 4.20. The van der Waals surface area contributed by atoms with Gasteiger partial charge in [-0.25, -0.2) is 9.97 Å². The molecule has 1 aromatic heterocycles. The van der Waals surface area contributed by atoms with Gasteiger partial charge in [0.2, 0.25) is 0 Å². The molecule has 0 saturated carbocycles. The lowest BCUT2D eigenvalue weighted by Gasteiger charge is -2.00. The number of hydrogen-bond acceptors (Lipinski definition) is 2. The molecule has 0 saturated heterocycles. The standard InChI is InChI=1S/C9H7BrN2/c1-6-2-3-8(10)7-4-11-5-12-9(6)7/h2-5H,1H3. The highest BCUT2D eigenvalue weighted by molar-refractivity contribution is 9.10. The lowest BCUT2D eigenvalue weighted by molar-refractivity contribution is 1.21. The molecule has 0 unspecified atom stereocenters. The fraction of sp³-hybridized carbons (Fsp3) is 0.111. The third kappa shape index (κ3) is 1.10. The minimum Gasteiger partial charge on any atom is -0.244 e. The van der Waals surface area contributed by atoms with Crippen LogP contribution in [0.25, 0.3) is 10.9 Å². The van der Waals surface area contributed by atoms with E-state index in [0.29, 0.717) is 0 Å². The number of fused-ring (bicyclic) bond motifs is 1.